The van der Waals surface area contributed by atoms with Crippen molar-refractivity contribution in [1.29, 1.82) is 0 Å². The van der Waals surface area contributed by atoms with Crippen molar-refractivity contribution in [2.75, 3.05) is 33.9 Å². The number of carbonyl (C=O) groups excluding carboxylic acids is 1. The van der Waals surface area contributed by atoms with Crippen LogP contribution in [0.1, 0.15) is 29.3 Å². The quantitative estimate of drug-likeness (QED) is 0.514. The second kappa shape index (κ2) is 9.84. The van der Waals surface area contributed by atoms with Crippen LogP contribution >= 0.6 is 0 Å². The van der Waals surface area contributed by atoms with E-state index in [1.54, 1.807) is 26.4 Å². The molecule has 1 amide bonds. The van der Waals surface area contributed by atoms with Crippen molar-refractivity contribution in [3.8, 4) is 11.5 Å². The van der Waals surface area contributed by atoms with E-state index < -0.39 is 0 Å². The molecule has 0 aliphatic rings. The highest BCUT2D eigenvalue weighted by atomic mass is 16.5. The van der Waals surface area contributed by atoms with Gasteiger partial charge in [-0.1, -0.05) is 13.0 Å². The topological polar surface area (TPSA) is 59.6 Å². The molecule has 0 saturated carbocycles. The molecule has 22 heavy (non-hydrogen) atoms. The van der Waals surface area contributed by atoms with Gasteiger partial charge < -0.3 is 20.1 Å². The van der Waals surface area contributed by atoms with Gasteiger partial charge in [-0.05, 0) is 31.5 Å². The van der Waals surface area contributed by atoms with Gasteiger partial charge in [0, 0.05) is 24.2 Å². The van der Waals surface area contributed by atoms with Crippen molar-refractivity contribution in [3.63, 3.8) is 0 Å². The number of hydrogen-bond acceptors (Lipinski definition) is 4. The molecule has 0 spiro atoms. The number of hydrogen-bond donors (Lipinski definition) is 2. The van der Waals surface area contributed by atoms with Gasteiger partial charge in [-0.15, -0.1) is 6.58 Å². The normalized spacial score (nSPS) is 10.1. The molecule has 0 aromatic heterocycles. The Morgan fingerprint density at radius 3 is 2.59 bits per heavy atom. The van der Waals surface area contributed by atoms with E-state index in [-0.39, 0.29) is 5.91 Å². The molecule has 2 N–H and O–H groups in total. The van der Waals surface area contributed by atoms with Crippen LogP contribution in [0.3, 0.4) is 0 Å². The minimum atomic E-state index is -0.121. The summed E-state index contributed by atoms with van der Waals surface area (Å²) in [7, 11) is 3.15. The fourth-order valence-corrected chi connectivity index (χ4v) is 2.15. The summed E-state index contributed by atoms with van der Waals surface area (Å²) >= 11 is 0. The van der Waals surface area contributed by atoms with Crippen molar-refractivity contribution < 1.29 is 14.3 Å². The third kappa shape index (κ3) is 5.07. The van der Waals surface area contributed by atoms with E-state index in [1.807, 2.05) is 6.07 Å². The number of amides is 1. The van der Waals surface area contributed by atoms with E-state index in [0.717, 1.165) is 25.1 Å². The highest BCUT2D eigenvalue weighted by Gasteiger charge is 2.15. The zero-order valence-electron chi connectivity index (χ0n) is 13.7. The lowest BCUT2D eigenvalue weighted by Gasteiger charge is -2.14. The molecule has 0 bridgehead atoms. The smallest absolute Gasteiger partial charge is 0.251 e. The van der Waals surface area contributed by atoms with Crippen LogP contribution in [0.5, 0.6) is 11.5 Å². The molecule has 0 unspecified atom stereocenters. The summed E-state index contributed by atoms with van der Waals surface area (Å²) < 4.78 is 10.7. The zero-order chi connectivity index (χ0) is 16.4. The number of rotatable bonds is 10. The number of ether oxygens (including phenoxy) is 2. The maximum Gasteiger partial charge on any atom is 0.251 e. The molecule has 5 heteroatoms. The summed E-state index contributed by atoms with van der Waals surface area (Å²) in [5, 5.41) is 6.13. The van der Waals surface area contributed by atoms with Crippen LogP contribution in [0.2, 0.25) is 0 Å². The zero-order valence-corrected chi connectivity index (χ0v) is 13.7. The molecular weight excluding hydrogens is 280 g/mol. The third-order valence-electron chi connectivity index (χ3n) is 3.20. The van der Waals surface area contributed by atoms with E-state index in [1.165, 1.54) is 0 Å². The summed E-state index contributed by atoms with van der Waals surface area (Å²) in [5.41, 5.74) is 1.44. The van der Waals surface area contributed by atoms with Gasteiger partial charge in [-0.25, -0.2) is 0 Å². The molecule has 5 nitrogen and oxygen atoms in total. The van der Waals surface area contributed by atoms with Crippen LogP contribution in [0, 0.1) is 0 Å². The highest BCUT2D eigenvalue weighted by molar-refractivity contribution is 5.95. The first kappa shape index (κ1) is 18.0. The van der Waals surface area contributed by atoms with Gasteiger partial charge in [0.15, 0.2) is 11.5 Å². The van der Waals surface area contributed by atoms with Crippen molar-refractivity contribution in [2.45, 2.75) is 19.8 Å². The molecule has 0 aliphatic heterocycles. The number of methoxy groups -OCH3 is 2. The number of nitrogens with one attached hydrogen (secondary N) is 2. The lowest BCUT2D eigenvalue weighted by molar-refractivity contribution is 0.0953. The van der Waals surface area contributed by atoms with Gasteiger partial charge in [0.05, 0.1) is 14.2 Å². The Balaban J connectivity index is 2.82. The Bertz CT molecular complexity index is 501. The minimum Gasteiger partial charge on any atom is -0.493 e. The summed E-state index contributed by atoms with van der Waals surface area (Å²) in [4.78, 5) is 12.2. The van der Waals surface area contributed by atoms with Gasteiger partial charge in [0.2, 0.25) is 0 Å². The molecule has 0 aliphatic carbocycles. The fourth-order valence-electron chi connectivity index (χ4n) is 2.15. The van der Waals surface area contributed by atoms with E-state index in [0.29, 0.717) is 30.0 Å². The molecule has 122 valence electrons. The number of carbonyl (C=O) groups is 1. The molecule has 0 radical (unpaired) electrons. The first-order chi connectivity index (χ1) is 10.7. The molecule has 0 atom stereocenters. The minimum absolute atomic E-state index is 0.121. The predicted molar refractivity (Wildman–Crippen MR) is 88.9 cm³/mol. The summed E-state index contributed by atoms with van der Waals surface area (Å²) in [5.74, 6) is 1.07. The summed E-state index contributed by atoms with van der Waals surface area (Å²) in [6.45, 7) is 8.14. The first-order valence-corrected chi connectivity index (χ1v) is 7.52. The molecule has 1 rings (SSSR count). The number of benzene rings is 1. The maximum absolute atomic E-state index is 12.2. The molecule has 0 saturated heterocycles. The predicted octanol–water partition coefficient (Wildman–Crippen LogP) is 2.16. The maximum atomic E-state index is 12.2. The second-order valence-corrected chi connectivity index (χ2v) is 4.87. The average Bonchev–Trinajstić information content (AvgIpc) is 2.53. The van der Waals surface area contributed by atoms with Gasteiger partial charge in [-0.2, -0.15) is 0 Å². The van der Waals surface area contributed by atoms with E-state index in [4.69, 9.17) is 9.47 Å². The molecular formula is C17H26N2O3. The highest BCUT2D eigenvalue weighted by Crippen LogP contribution is 2.33. The Labute approximate surface area is 132 Å². The SMILES string of the molecule is C=CCc1cc(C(=O)NCCNCCC)cc(OC)c1OC. The van der Waals surface area contributed by atoms with E-state index >= 15 is 0 Å². The third-order valence-corrected chi connectivity index (χ3v) is 3.20. The van der Waals surface area contributed by atoms with Crippen LogP contribution in [-0.2, 0) is 6.42 Å². The largest absolute Gasteiger partial charge is 0.493 e. The Morgan fingerprint density at radius 1 is 1.23 bits per heavy atom. The van der Waals surface area contributed by atoms with Crippen LogP contribution in [-0.4, -0.2) is 39.8 Å². The Hall–Kier alpha value is -2.01. The standard InChI is InChI=1S/C17H26N2O3/c1-5-7-13-11-14(12-15(21-3)16(13)22-4)17(20)19-10-9-18-8-6-2/h5,11-12,18H,1,6-10H2,2-4H3,(H,19,20). The average molecular weight is 306 g/mol. The number of allylic oxidation sites excluding steroid dienone is 1. The molecule has 0 fully saturated rings. The van der Waals surface area contributed by atoms with Crippen molar-refractivity contribution in [1.82, 2.24) is 10.6 Å². The summed E-state index contributed by atoms with van der Waals surface area (Å²) in [6, 6.07) is 3.51. The van der Waals surface area contributed by atoms with Crippen LogP contribution in [0.25, 0.3) is 0 Å². The Morgan fingerprint density at radius 2 is 2.00 bits per heavy atom. The van der Waals surface area contributed by atoms with Crippen molar-refractivity contribution >= 4 is 5.91 Å². The summed E-state index contributed by atoms with van der Waals surface area (Å²) in [6.07, 6.45) is 3.46. The molecule has 1 aromatic carbocycles. The van der Waals surface area contributed by atoms with Crippen LogP contribution in [0.4, 0.5) is 0 Å². The lowest BCUT2D eigenvalue weighted by atomic mass is 10.0. The van der Waals surface area contributed by atoms with Gasteiger partial charge in [0.1, 0.15) is 0 Å². The molecule has 0 heterocycles. The van der Waals surface area contributed by atoms with Crippen LogP contribution < -0.4 is 20.1 Å². The van der Waals surface area contributed by atoms with Crippen LogP contribution in [0.15, 0.2) is 24.8 Å². The monoisotopic (exact) mass is 306 g/mol. The van der Waals surface area contributed by atoms with Crippen molar-refractivity contribution in [2.24, 2.45) is 0 Å². The van der Waals surface area contributed by atoms with Gasteiger partial charge in [0.25, 0.3) is 5.91 Å². The van der Waals surface area contributed by atoms with Gasteiger partial charge in [-0.3, -0.25) is 4.79 Å². The molecule has 1 aromatic rings. The van der Waals surface area contributed by atoms with Gasteiger partial charge >= 0.3 is 0 Å². The van der Waals surface area contributed by atoms with E-state index in [2.05, 4.69) is 24.1 Å². The van der Waals surface area contributed by atoms with Crippen molar-refractivity contribution in [3.05, 3.63) is 35.9 Å². The second-order valence-electron chi connectivity index (χ2n) is 4.87. The first-order valence-electron chi connectivity index (χ1n) is 7.52. The fraction of sp³-hybridized carbons (Fsp3) is 0.471. The lowest BCUT2D eigenvalue weighted by Crippen LogP contribution is -2.32. The van der Waals surface area contributed by atoms with E-state index in [9.17, 15) is 4.79 Å². The Kier molecular flexibility index (Phi) is 8.07.